The number of aliphatic carboxylic acids is 4. The van der Waals surface area contributed by atoms with E-state index in [2.05, 4.69) is 31.6 Å². The molecule has 0 saturated carbocycles. The Balaban J connectivity index is 1.26. The molecule has 8 atom stereocenters. The Morgan fingerprint density at radius 3 is 1.73 bits per heavy atom. The molecule has 558 valence electrons. The SMILES string of the molecule is CCCCCC(=O)N[C@H]1CSCc2cc(CSCCCC(=O)CN3CCN(CC(=O)O)CCN(CC(=O)O)CCN(CC(=O)O)CC3)cc(c2)CSC[C@@H](C(=O)O)NC(=O)[C@H](Cc2cccnc2)NC(=O)[C@H](CCC(N)=O)NC(=O)[C@H]([C@@H](C)O)NC(=O)[C@@H]2CCCN2C(=O)[C@@H]2CCCN2C1=O. The number of nitrogens with two attached hydrogens (primary N) is 1. The normalized spacial score (nSPS) is 23.4. The Morgan fingerprint density at radius 1 is 0.634 bits per heavy atom. The summed E-state index contributed by atoms with van der Waals surface area (Å²) in [4.78, 5) is 188. The van der Waals surface area contributed by atoms with Crippen molar-refractivity contribution in [1.29, 1.82) is 0 Å². The number of carboxylic acid groups (broad SMARTS) is 4. The summed E-state index contributed by atoms with van der Waals surface area (Å²) < 4.78 is 0. The van der Waals surface area contributed by atoms with Crippen molar-refractivity contribution in [2.45, 2.75) is 163 Å². The Bertz CT molecular complexity index is 3150. The molecule has 2 bridgehead atoms. The third kappa shape index (κ3) is 28.7. The predicted molar refractivity (Wildman–Crippen MR) is 377 cm³/mol. The average molecular weight is 1470 g/mol. The second-order valence-corrected chi connectivity index (χ2v) is 29.1. The zero-order valence-electron chi connectivity index (χ0n) is 57.5. The molecule has 3 fully saturated rings. The monoisotopic (exact) mass is 1470 g/mol. The first kappa shape index (κ1) is 82.5. The molecule has 0 radical (unpaired) electrons. The largest absolute Gasteiger partial charge is 0.480 e. The summed E-state index contributed by atoms with van der Waals surface area (Å²) in [7, 11) is 0. The molecule has 8 amide bonds. The van der Waals surface area contributed by atoms with Crippen LogP contribution in [0.5, 0.6) is 0 Å². The number of carboxylic acids is 4. The number of aliphatic hydroxyl groups is 1. The number of aliphatic hydroxyl groups excluding tert-OH is 1. The van der Waals surface area contributed by atoms with Gasteiger partial charge < -0.3 is 67.7 Å². The lowest BCUT2D eigenvalue weighted by atomic mass is 10.0. The van der Waals surface area contributed by atoms with Gasteiger partial charge in [-0.3, -0.25) is 82.1 Å². The summed E-state index contributed by atoms with van der Waals surface area (Å²) in [6.07, 6.45) is 4.62. The maximum atomic E-state index is 14.9. The van der Waals surface area contributed by atoms with E-state index in [0.717, 1.165) is 29.5 Å². The molecule has 1 aromatic carbocycles. The molecular weight excluding hydrogens is 1370 g/mol. The Hall–Kier alpha value is -7.47. The van der Waals surface area contributed by atoms with E-state index in [9.17, 15) is 87.9 Å². The highest BCUT2D eigenvalue weighted by Crippen LogP contribution is 2.29. The van der Waals surface area contributed by atoms with Gasteiger partial charge in [-0.05, 0) is 85.9 Å². The van der Waals surface area contributed by atoms with Crippen LogP contribution in [-0.2, 0) is 86.0 Å². The lowest BCUT2D eigenvalue weighted by Crippen LogP contribution is -2.61. The number of hydrogen-bond donors (Lipinski definition) is 11. The van der Waals surface area contributed by atoms with Gasteiger partial charge in [-0.25, -0.2) is 4.79 Å². The quantitative estimate of drug-likeness (QED) is 0.0533. The minimum atomic E-state index is -1.72. The molecule has 3 saturated heterocycles. The van der Waals surface area contributed by atoms with Crippen LogP contribution in [0.2, 0.25) is 0 Å². The zero-order valence-corrected chi connectivity index (χ0v) is 59.9. The predicted octanol–water partition coefficient (Wildman–Crippen LogP) is -0.421. The van der Waals surface area contributed by atoms with Crippen LogP contribution < -0.4 is 32.3 Å². The summed E-state index contributed by atoms with van der Waals surface area (Å²) in [6, 6.07) is -0.422. The molecule has 34 heteroatoms. The van der Waals surface area contributed by atoms with E-state index in [4.69, 9.17) is 5.73 Å². The number of aromatic nitrogens is 1. The second kappa shape index (κ2) is 42.8. The molecule has 101 heavy (non-hydrogen) atoms. The fourth-order valence-corrected chi connectivity index (χ4v) is 15.3. The molecule has 0 unspecified atom stereocenters. The Morgan fingerprint density at radius 2 is 1.19 bits per heavy atom. The Kier molecular flexibility index (Phi) is 35.0. The molecule has 0 spiro atoms. The van der Waals surface area contributed by atoms with Gasteiger partial charge in [-0.15, -0.1) is 0 Å². The molecule has 1 aromatic heterocycles. The van der Waals surface area contributed by atoms with Gasteiger partial charge in [-0.2, -0.15) is 35.3 Å². The molecule has 2 aromatic rings. The van der Waals surface area contributed by atoms with E-state index in [1.807, 2.05) is 30.0 Å². The number of Topliss-reactive ketones (excluding diaryl/α,β-unsaturated/α-hetero) is 1. The number of nitrogens with one attached hydrogen (secondary N) is 5. The van der Waals surface area contributed by atoms with Gasteiger partial charge in [0, 0.05) is 132 Å². The van der Waals surface area contributed by atoms with E-state index < -0.39 is 126 Å². The van der Waals surface area contributed by atoms with E-state index in [0.29, 0.717) is 61.6 Å². The van der Waals surface area contributed by atoms with E-state index in [1.54, 1.807) is 38.6 Å². The van der Waals surface area contributed by atoms with Crippen molar-refractivity contribution < 1.29 is 87.9 Å². The summed E-state index contributed by atoms with van der Waals surface area (Å²) >= 11 is 4.15. The number of primary amides is 1. The maximum absolute atomic E-state index is 14.9. The lowest BCUT2D eigenvalue weighted by Gasteiger charge is -2.33. The fraction of sp³-hybridized carbons (Fsp3) is 0.642. The van der Waals surface area contributed by atoms with Gasteiger partial charge in [0.25, 0.3) is 0 Å². The van der Waals surface area contributed by atoms with Gasteiger partial charge in [0.2, 0.25) is 47.3 Å². The van der Waals surface area contributed by atoms with Crippen LogP contribution in [0.25, 0.3) is 0 Å². The highest BCUT2D eigenvalue weighted by atomic mass is 32.2. The number of nitrogens with zero attached hydrogens (tertiary/aromatic N) is 7. The van der Waals surface area contributed by atoms with Crippen LogP contribution in [0.1, 0.15) is 113 Å². The lowest BCUT2D eigenvalue weighted by molar-refractivity contribution is -0.148. The number of thioether (sulfide) groups is 3. The number of carbonyl (C=O) groups excluding carboxylic acids is 9. The highest BCUT2D eigenvalue weighted by molar-refractivity contribution is 7.99. The average Bonchev–Trinajstić information content (AvgIpc) is 1.72. The van der Waals surface area contributed by atoms with E-state index in [-0.39, 0.29) is 140 Å². The van der Waals surface area contributed by atoms with Gasteiger partial charge in [0.05, 0.1) is 32.3 Å². The first-order valence-corrected chi connectivity index (χ1v) is 37.8. The van der Waals surface area contributed by atoms with Crippen molar-refractivity contribution in [1.82, 2.24) is 61.0 Å². The minimum absolute atomic E-state index is 0.0334. The number of fused-ring (bicyclic) bond motifs is 4. The van der Waals surface area contributed by atoms with Crippen molar-refractivity contribution in [2.75, 3.05) is 109 Å². The van der Waals surface area contributed by atoms with Crippen molar-refractivity contribution >= 4 is 112 Å². The van der Waals surface area contributed by atoms with Gasteiger partial charge in [0.1, 0.15) is 48.1 Å². The van der Waals surface area contributed by atoms with Crippen LogP contribution in [0, 0.1) is 0 Å². The van der Waals surface area contributed by atoms with Crippen LogP contribution in [0.4, 0.5) is 0 Å². The van der Waals surface area contributed by atoms with Crippen LogP contribution >= 0.6 is 35.3 Å². The number of benzene rings is 1. The summed E-state index contributed by atoms with van der Waals surface area (Å²) in [5.74, 6) is -9.07. The van der Waals surface area contributed by atoms with Crippen LogP contribution in [0.15, 0.2) is 42.7 Å². The first-order valence-electron chi connectivity index (χ1n) is 34.4. The highest BCUT2D eigenvalue weighted by Gasteiger charge is 2.45. The molecule has 6 rings (SSSR count). The topological polar surface area (TPSA) is 442 Å². The number of amides is 8. The maximum Gasteiger partial charge on any atom is 0.327 e. The third-order valence-electron chi connectivity index (χ3n) is 17.7. The standard InChI is InChI=1S/C67H99N13O18S3/c1-3-4-5-14-56(84)70-51-41-100-39-46-29-45(38-99-28-9-11-48(82)34-75-20-22-76(35-57(85)86)24-26-78(37-59(89)90)27-25-77(23-21-75)36-58(87)88)30-47(31-46)40-101-42-52(67(97)98)73-62(92)50(32-44-10-6-17-69-33-44)72-61(91)49(15-16-55(68)83)71-64(94)60(43(2)81)74-63(93)53-12-7-18-79(53)66(96)54-13-8-19-80(54)65(51)95/h6,10,17,29-31,33,43,49-54,60,81H,3-5,7-9,11-16,18-28,32,34-42H2,1-2H3,(H2,68,83)(H,70,84)(H,71,94)(H,72,91)(H,73,92)(H,74,93)(H,85,86)(H,87,88)(H,89,90)(H,97,98)/t43-,49+,50+,51+,52+,53+,54+,60+/m1/s1. The van der Waals surface area contributed by atoms with Crippen LogP contribution in [-0.4, -0.2) is 294 Å². The smallest absolute Gasteiger partial charge is 0.327 e. The van der Waals surface area contributed by atoms with Crippen LogP contribution in [0.3, 0.4) is 0 Å². The molecule has 0 aliphatic carbocycles. The first-order chi connectivity index (χ1) is 48.3. The molecule has 4 aliphatic heterocycles. The third-order valence-corrected chi connectivity index (χ3v) is 21.1. The van der Waals surface area contributed by atoms with E-state index >= 15 is 0 Å². The molecule has 5 heterocycles. The Labute approximate surface area is 600 Å². The number of ketones is 1. The van der Waals surface area contributed by atoms with Crippen molar-refractivity contribution in [3.63, 3.8) is 0 Å². The van der Waals surface area contributed by atoms with E-state index in [1.165, 1.54) is 52.6 Å². The number of unbranched alkanes of at least 4 members (excludes halogenated alkanes) is 2. The van der Waals surface area contributed by atoms with Crippen molar-refractivity contribution in [3.05, 3.63) is 65.0 Å². The number of hydrogen-bond acceptors (Lipinski definition) is 22. The summed E-state index contributed by atoms with van der Waals surface area (Å²) in [6.45, 7) is 4.74. The molecular formula is C67H99N13O18S3. The molecule has 31 nitrogen and oxygen atoms in total. The number of rotatable bonds is 26. The van der Waals surface area contributed by atoms with Gasteiger partial charge >= 0.3 is 23.9 Å². The molecule has 4 aliphatic rings. The number of pyridine rings is 1. The summed E-state index contributed by atoms with van der Waals surface area (Å²) in [5, 5.41) is 63.6. The van der Waals surface area contributed by atoms with Gasteiger partial charge in [-0.1, -0.05) is 44.0 Å². The zero-order chi connectivity index (χ0) is 73.5. The number of carbonyl (C=O) groups is 13. The van der Waals surface area contributed by atoms with Crippen molar-refractivity contribution in [2.24, 2.45) is 5.73 Å². The fourth-order valence-electron chi connectivity index (χ4n) is 12.5. The van der Waals surface area contributed by atoms with Crippen molar-refractivity contribution in [3.8, 4) is 0 Å². The molecule has 12 N–H and O–H groups in total. The minimum Gasteiger partial charge on any atom is -0.480 e. The second-order valence-electron chi connectivity index (χ2n) is 25.9. The summed E-state index contributed by atoms with van der Waals surface area (Å²) in [5.41, 5.74) is 8.44. The van der Waals surface area contributed by atoms with Gasteiger partial charge in [0.15, 0.2) is 0 Å².